The molecule has 12 nitrogen and oxygen atoms in total. The van der Waals surface area contributed by atoms with Gasteiger partial charge in [0.05, 0.1) is 22.0 Å². The van der Waals surface area contributed by atoms with Gasteiger partial charge >= 0.3 is 6.18 Å². The lowest BCUT2D eigenvalue weighted by Gasteiger charge is -2.15. The first-order valence-electron chi connectivity index (χ1n) is 11.1. The number of carbonyl (C=O) groups is 3. The van der Waals surface area contributed by atoms with Crippen molar-refractivity contribution >= 4 is 34.9 Å². The van der Waals surface area contributed by atoms with E-state index < -0.39 is 23.8 Å². The average molecular weight is 562 g/mol. The van der Waals surface area contributed by atoms with Gasteiger partial charge < -0.3 is 10.6 Å². The summed E-state index contributed by atoms with van der Waals surface area (Å²) in [6.45, 7) is 2.59. The number of alkyl halides is 3. The van der Waals surface area contributed by atoms with Gasteiger partial charge in [-0.1, -0.05) is 11.6 Å². The largest absolute Gasteiger partial charge is 0.455 e. The molecular formula is C23H19ClF3N9O3. The topological polar surface area (TPSA) is 150 Å². The number of halogens is 4. The minimum Gasteiger partial charge on any atom is -0.355 e. The number of tetrazole rings is 1. The van der Waals surface area contributed by atoms with Crippen molar-refractivity contribution in [1.29, 1.82) is 0 Å². The zero-order chi connectivity index (χ0) is 28.5. The van der Waals surface area contributed by atoms with Crippen molar-refractivity contribution in [3.8, 4) is 5.82 Å². The summed E-state index contributed by atoms with van der Waals surface area (Å²) in [5.74, 6) is -2.94. The molecular weight excluding hydrogens is 543 g/mol. The van der Waals surface area contributed by atoms with Crippen LogP contribution in [0.15, 0.2) is 36.5 Å². The van der Waals surface area contributed by atoms with Gasteiger partial charge in [-0.15, -0.1) is 10.2 Å². The molecule has 0 saturated heterocycles. The number of nitrogens with one attached hydrogen (secondary N) is 2. The Morgan fingerprint density at radius 3 is 2.46 bits per heavy atom. The molecule has 202 valence electrons. The quantitative estimate of drug-likeness (QED) is 0.327. The van der Waals surface area contributed by atoms with Crippen molar-refractivity contribution in [2.24, 2.45) is 0 Å². The Morgan fingerprint density at radius 1 is 1.10 bits per heavy atom. The van der Waals surface area contributed by atoms with Crippen molar-refractivity contribution in [1.82, 2.24) is 40.3 Å². The van der Waals surface area contributed by atoms with E-state index in [1.165, 1.54) is 44.4 Å². The van der Waals surface area contributed by atoms with Crippen LogP contribution in [0, 0.1) is 6.92 Å². The molecule has 0 saturated carbocycles. The number of ketones is 1. The summed E-state index contributed by atoms with van der Waals surface area (Å²) < 4.78 is 39.8. The predicted octanol–water partition coefficient (Wildman–Crippen LogP) is 3.10. The molecule has 0 fully saturated rings. The molecule has 0 radical (unpaired) electrons. The van der Waals surface area contributed by atoms with Crippen LogP contribution in [0.5, 0.6) is 0 Å². The van der Waals surface area contributed by atoms with E-state index in [2.05, 4.69) is 36.1 Å². The second-order valence-corrected chi connectivity index (χ2v) is 8.60. The van der Waals surface area contributed by atoms with Gasteiger partial charge in [-0.3, -0.25) is 14.4 Å². The Labute approximate surface area is 223 Å². The maximum absolute atomic E-state index is 13.5. The van der Waals surface area contributed by atoms with E-state index in [4.69, 9.17) is 11.6 Å². The zero-order valence-electron chi connectivity index (χ0n) is 20.5. The number of pyridine rings is 1. The van der Waals surface area contributed by atoms with Crippen LogP contribution in [-0.4, -0.2) is 59.6 Å². The van der Waals surface area contributed by atoms with Crippen molar-refractivity contribution in [3.05, 3.63) is 75.5 Å². The fraction of sp³-hybridized carbons (Fsp3) is 0.217. The number of aryl methyl sites for hydroxylation is 1. The SMILES string of the molecule is CNC(=O)c1cc(C(C)=O)cc(C)c1NC(=O)c1cc(Cn2nnc(C(F)(F)F)n2)nn1-c1ncccc1Cl. The third-order valence-corrected chi connectivity index (χ3v) is 5.69. The van der Waals surface area contributed by atoms with Gasteiger partial charge in [-0.05, 0) is 55.0 Å². The van der Waals surface area contributed by atoms with Gasteiger partial charge in [0.1, 0.15) is 12.2 Å². The molecule has 1 aromatic carbocycles. The van der Waals surface area contributed by atoms with E-state index >= 15 is 0 Å². The molecule has 0 aliphatic carbocycles. The smallest absolute Gasteiger partial charge is 0.355 e. The Kier molecular flexibility index (Phi) is 7.44. The number of carbonyl (C=O) groups excluding carboxylic acids is 3. The summed E-state index contributed by atoms with van der Waals surface area (Å²) >= 11 is 6.27. The molecule has 0 bridgehead atoms. The van der Waals surface area contributed by atoms with E-state index in [9.17, 15) is 27.6 Å². The van der Waals surface area contributed by atoms with Crippen LogP contribution in [0.2, 0.25) is 5.02 Å². The maximum atomic E-state index is 13.5. The molecule has 4 rings (SSSR count). The van der Waals surface area contributed by atoms with Crippen molar-refractivity contribution in [2.45, 2.75) is 26.6 Å². The Morgan fingerprint density at radius 2 is 1.85 bits per heavy atom. The summed E-state index contributed by atoms with van der Waals surface area (Å²) in [4.78, 5) is 42.8. The Hall–Kier alpha value is -4.66. The minimum absolute atomic E-state index is 0.0460. The molecule has 0 unspecified atom stereocenters. The number of nitrogens with zero attached hydrogens (tertiary/aromatic N) is 7. The molecule has 2 N–H and O–H groups in total. The molecule has 0 aliphatic heterocycles. The monoisotopic (exact) mass is 561 g/mol. The molecule has 4 aromatic rings. The number of aromatic nitrogens is 7. The Balaban J connectivity index is 1.76. The number of amides is 2. The fourth-order valence-electron chi connectivity index (χ4n) is 3.58. The van der Waals surface area contributed by atoms with Crippen molar-refractivity contribution in [2.75, 3.05) is 12.4 Å². The Bertz CT molecular complexity index is 1600. The first-order chi connectivity index (χ1) is 18.4. The molecule has 3 aromatic heterocycles. The summed E-state index contributed by atoms with van der Waals surface area (Å²) in [6, 6.07) is 7.24. The summed E-state index contributed by atoms with van der Waals surface area (Å²) in [7, 11) is 1.40. The molecule has 16 heteroatoms. The van der Waals surface area contributed by atoms with Gasteiger partial charge in [-0.2, -0.15) is 23.1 Å². The van der Waals surface area contributed by atoms with E-state index in [0.717, 1.165) is 4.68 Å². The van der Waals surface area contributed by atoms with Crippen molar-refractivity contribution < 1.29 is 27.6 Å². The number of benzene rings is 1. The summed E-state index contributed by atoms with van der Waals surface area (Å²) in [5, 5.41) is 19.2. The first kappa shape index (κ1) is 27.4. The molecule has 0 spiro atoms. The minimum atomic E-state index is -4.79. The normalized spacial score (nSPS) is 11.4. The third kappa shape index (κ3) is 5.77. The van der Waals surface area contributed by atoms with E-state index in [1.807, 2.05) is 0 Å². The van der Waals surface area contributed by atoms with Crippen LogP contribution in [0.1, 0.15) is 55.2 Å². The van der Waals surface area contributed by atoms with Crippen LogP contribution >= 0.6 is 11.6 Å². The molecule has 0 atom stereocenters. The highest BCUT2D eigenvalue weighted by atomic mass is 35.5. The molecule has 3 heterocycles. The molecule has 39 heavy (non-hydrogen) atoms. The predicted molar refractivity (Wildman–Crippen MR) is 131 cm³/mol. The highest BCUT2D eigenvalue weighted by molar-refractivity contribution is 6.32. The zero-order valence-corrected chi connectivity index (χ0v) is 21.3. The maximum Gasteiger partial charge on any atom is 0.455 e. The number of rotatable bonds is 7. The summed E-state index contributed by atoms with van der Waals surface area (Å²) in [5.41, 5.74) is 0.865. The second-order valence-electron chi connectivity index (χ2n) is 8.19. The lowest BCUT2D eigenvalue weighted by molar-refractivity contribution is -0.145. The average Bonchev–Trinajstić information content (AvgIpc) is 3.52. The number of Topliss-reactive ketones (excluding diaryl/α,β-unsaturated/α-hetero) is 1. The van der Waals surface area contributed by atoms with Gasteiger partial charge in [0, 0.05) is 18.8 Å². The van der Waals surface area contributed by atoms with E-state index in [-0.39, 0.29) is 51.4 Å². The lowest BCUT2D eigenvalue weighted by atomic mass is 10.0. The third-order valence-electron chi connectivity index (χ3n) is 5.39. The van der Waals surface area contributed by atoms with Crippen LogP contribution in [0.25, 0.3) is 5.82 Å². The second kappa shape index (κ2) is 10.6. The summed E-state index contributed by atoms with van der Waals surface area (Å²) in [6.07, 6.45) is -3.38. The first-order valence-corrected chi connectivity index (χ1v) is 11.5. The van der Waals surface area contributed by atoms with Crippen LogP contribution in [-0.2, 0) is 12.7 Å². The highest BCUT2D eigenvalue weighted by Gasteiger charge is 2.37. The van der Waals surface area contributed by atoms with Gasteiger partial charge in [0.15, 0.2) is 11.6 Å². The fourth-order valence-corrected chi connectivity index (χ4v) is 3.78. The van der Waals surface area contributed by atoms with Gasteiger partial charge in [0.25, 0.3) is 17.6 Å². The molecule has 2 amide bonds. The van der Waals surface area contributed by atoms with Crippen molar-refractivity contribution in [3.63, 3.8) is 0 Å². The van der Waals surface area contributed by atoms with Gasteiger partial charge in [-0.25, -0.2) is 9.67 Å². The van der Waals surface area contributed by atoms with Gasteiger partial charge in [0.2, 0.25) is 0 Å². The van der Waals surface area contributed by atoms with E-state index in [1.54, 1.807) is 13.0 Å². The molecule has 0 aliphatic rings. The van der Waals surface area contributed by atoms with Crippen LogP contribution in [0.4, 0.5) is 18.9 Å². The lowest BCUT2D eigenvalue weighted by Crippen LogP contribution is -2.24. The number of anilines is 1. The number of hydrogen-bond donors (Lipinski definition) is 2. The van der Waals surface area contributed by atoms with E-state index in [0.29, 0.717) is 10.4 Å². The van der Waals surface area contributed by atoms with Crippen LogP contribution < -0.4 is 10.6 Å². The number of hydrogen-bond acceptors (Lipinski definition) is 8. The highest BCUT2D eigenvalue weighted by Crippen LogP contribution is 2.27. The van der Waals surface area contributed by atoms with Crippen LogP contribution in [0.3, 0.4) is 0 Å². The standard InChI is InChI=1S/C23H19ClF3N9O3/c1-11-7-13(12(2)37)8-15(20(38)28-3)18(11)30-21(39)17-9-14(10-35-33-22(31-34-35)23(25,26)27)32-36(17)19-16(24)5-4-6-29-19/h4-9H,10H2,1-3H3,(H,28,38)(H,30,39).